The van der Waals surface area contributed by atoms with Crippen LogP contribution in [0, 0.1) is 0 Å². The van der Waals surface area contributed by atoms with E-state index in [1.165, 1.54) is 22.4 Å². The van der Waals surface area contributed by atoms with Gasteiger partial charge in [0.05, 0.1) is 0 Å². The van der Waals surface area contributed by atoms with E-state index >= 15 is 0 Å². The maximum atomic E-state index is 13.4. The first kappa shape index (κ1) is 31.1. The molecule has 0 spiro atoms. The number of hydrogen-bond donors (Lipinski definition) is 1. The van der Waals surface area contributed by atoms with Crippen LogP contribution in [0.2, 0.25) is 0 Å². The van der Waals surface area contributed by atoms with Crippen molar-refractivity contribution in [1.82, 2.24) is 14.5 Å². The second-order valence-corrected chi connectivity index (χ2v) is 17.3. The number of nitrogens with zero attached hydrogens (tertiary/aromatic N) is 3. The molecule has 8 aromatic rings. The fourth-order valence-electron chi connectivity index (χ4n) is 8.60. The van der Waals surface area contributed by atoms with Crippen LogP contribution >= 0.6 is 7.49 Å². The Hall–Kier alpha value is -6.45. The van der Waals surface area contributed by atoms with E-state index in [1.54, 1.807) is 0 Å². The van der Waals surface area contributed by atoms with E-state index in [4.69, 9.17) is 9.97 Å². The quantitative estimate of drug-likeness (QED) is 0.181. The van der Waals surface area contributed by atoms with Crippen LogP contribution in [-0.2, 0) is 0 Å². The molecule has 1 aliphatic heterocycles. The molecule has 3 heterocycles. The molecule has 2 aliphatic carbocycles. The van der Waals surface area contributed by atoms with E-state index in [-0.39, 0.29) is 5.92 Å². The molecular formula is C49H34N3OP. The molecule has 54 heavy (non-hydrogen) atoms. The summed E-state index contributed by atoms with van der Waals surface area (Å²) in [6.07, 6.45) is 6.87. The molecule has 0 bridgehead atoms. The standard InChI is InChI=1S/C49H34N3OP/c53-54(37-18-8-3-9-19-37)43-22-12-10-20-38(43)46-40-29-28-36-30-41(36)47(40)52(48(46)39-21-11-13-23-44(39)54)45-31-42(50-49(51-45)35-16-6-2-7-17-35)34-26-24-33(25-27-34)32-14-4-1-5-15-32/h1-31,41,53-54H. The van der Waals surface area contributed by atoms with Crippen molar-refractivity contribution >= 4 is 29.5 Å². The third-order valence-electron chi connectivity index (χ3n) is 11.2. The second kappa shape index (κ2) is 12.0. The van der Waals surface area contributed by atoms with Crippen molar-refractivity contribution < 1.29 is 4.89 Å². The Morgan fingerprint density at radius 1 is 0.537 bits per heavy atom. The summed E-state index contributed by atoms with van der Waals surface area (Å²) in [5.41, 5.74) is 13.1. The molecule has 0 fully saturated rings. The molecule has 1 atom stereocenters. The van der Waals surface area contributed by atoms with Gasteiger partial charge in [-0.2, -0.15) is 0 Å². The van der Waals surface area contributed by atoms with Crippen LogP contribution in [-0.4, -0.2) is 19.4 Å². The molecule has 0 saturated heterocycles. The van der Waals surface area contributed by atoms with Gasteiger partial charge in [-0.25, -0.2) is 0 Å². The molecule has 5 heteroatoms. The zero-order valence-electron chi connectivity index (χ0n) is 29.3. The van der Waals surface area contributed by atoms with Crippen LogP contribution in [0.25, 0.3) is 68.1 Å². The summed E-state index contributed by atoms with van der Waals surface area (Å²) in [7, 11) is -3.49. The Bertz CT molecular complexity index is 2820. The van der Waals surface area contributed by atoms with E-state index < -0.39 is 7.49 Å². The van der Waals surface area contributed by atoms with Gasteiger partial charge < -0.3 is 0 Å². The van der Waals surface area contributed by atoms with Crippen LogP contribution in [0.3, 0.4) is 0 Å². The first-order valence-corrected chi connectivity index (χ1v) is 20.4. The van der Waals surface area contributed by atoms with Gasteiger partial charge in [0.2, 0.25) is 0 Å². The summed E-state index contributed by atoms with van der Waals surface area (Å²) in [5.74, 6) is 1.65. The molecular weight excluding hydrogens is 678 g/mol. The number of hydrogen-bond acceptors (Lipinski definition) is 3. The minimum absolute atomic E-state index is 0.185. The van der Waals surface area contributed by atoms with Gasteiger partial charge in [0.15, 0.2) is 0 Å². The Labute approximate surface area is 314 Å². The van der Waals surface area contributed by atoms with E-state index in [0.717, 1.165) is 66.5 Å². The SMILES string of the molecule is O[PH]1(c2ccccc2)c2ccccc2-c2c3c(n(-c4cc(-c5ccc(-c6ccccc6)cc5)nc(-c5ccccc5)n4)c2-c2ccccc21)C1C=C1C=C3. The Balaban J connectivity index is 1.21. The first-order chi connectivity index (χ1) is 26.7. The summed E-state index contributed by atoms with van der Waals surface area (Å²) in [6, 6.07) is 58.8. The number of allylic oxidation sites excluding steroid dienone is 3. The van der Waals surface area contributed by atoms with Crippen molar-refractivity contribution in [2.45, 2.75) is 5.92 Å². The van der Waals surface area contributed by atoms with E-state index in [0.29, 0.717) is 5.82 Å². The van der Waals surface area contributed by atoms with E-state index in [2.05, 4.69) is 150 Å². The van der Waals surface area contributed by atoms with Crippen LogP contribution in [0.15, 0.2) is 188 Å². The van der Waals surface area contributed by atoms with E-state index in [1.807, 2.05) is 42.5 Å². The summed E-state index contributed by atoms with van der Waals surface area (Å²) >= 11 is 0. The van der Waals surface area contributed by atoms with Crippen LogP contribution in [0.1, 0.15) is 17.2 Å². The first-order valence-electron chi connectivity index (χ1n) is 18.4. The van der Waals surface area contributed by atoms with Crippen molar-refractivity contribution in [3.05, 3.63) is 199 Å². The fraction of sp³-hybridized carbons (Fsp3) is 0.0204. The Kier molecular flexibility index (Phi) is 6.94. The average Bonchev–Trinajstić information content (AvgIpc) is 3.98. The summed E-state index contributed by atoms with van der Waals surface area (Å²) in [4.78, 5) is 24.0. The van der Waals surface area contributed by atoms with Gasteiger partial charge in [-0.15, -0.1) is 0 Å². The zero-order valence-corrected chi connectivity index (χ0v) is 30.3. The molecule has 0 amide bonds. The third-order valence-corrected chi connectivity index (χ3v) is 14.8. The molecule has 0 saturated carbocycles. The molecule has 0 radical (unpaired) electrons. The Morgan fingerprint density at radius 3 is 1.83 bits per heavy atom. The maximum absolute atomic E-state index is 13.4. The van der Waals surface area contributed by atoms with Gasteiger partial charge in [-0.05, 0) is 0 Å². The van der Waals surface area contributed by atoms with Gasteiger partial charge in [0.1, 0.15) is 0 Å². The zero-order chi connectivity index (χ0) is 35.8. The molecule has 3 aliphatic rings. The molecule has 11 rings (SSSR count). The van der Waals surface area contributed by atoms with Gasteiger partial charge in [-0.1, -0.05) is 30.3 Å². The number of rotatable bonds is 5. The molecule has 6 aromatic carbocycles. The second-order valence-electron chi connectivity index (χ2n) is 14.2. The van der Waals surface area contributed by atoms with Crippen molar-refractivity contribution in [2.75, 3.05) is 0 Å². The molecule has 4 nitrogen and oxygen atoms in total. The van der Waals surface area contributed by atoms with Gasteiger partial charge in [-0.3, -0.25) is 0 Å². The molecule has 256 valence electrons. The van der Waals surface area contributed by atoms with Crippen molar-refractivity contribution in [3.63, 3.8) is 0 Å². The van der Waals surface area contributed by atoms with Crippen molar-refractivity contribution in [1.29, 1.82) is 0 Å². The number of fused-ring (bicyclic) bond motifs is 9. The fourth-order valence-corrected chi connectivity index (χ4v) is 12.1. The van der Waals surface area contributed by atoms with Gasteiger partial charge >= 0.3 is 285 Å². The molecule has 1 unspecified atom stereocenters. The number of benzene rings is 6. The Morgan fingerprint density at radius 2 is 1.11 bits per heavy atom. The minimum atomic E-state index is -3.49. The van der Waals surface area contributed by atoms with Gasteiger partial charge in [0, 0.05) is 0 Å². The van der Waals surface area contributed by atoms with Gasteiger partial charge in [0.25, 0.3) is 0 Å². The van der Waals surface area contributed by atoms with E-state index in [9.17, 15) is 4.89 Å². The summed E-state index contributed by atoms with van der Waals surface area (Å²) < 4.78 is 2.39. The van der Waals surface area contributed by atoms with Crippen LogP contribution in [0.5, 0.6) is 0 Å². The molecule has 2 aromatic heterocycles. The van der Waals surface area contributed by atoms with Crippen LogP contribution in [0.4, 0.5) is 0 Å². The van der Waals surface area contributed by atoms with Crippen molar-refractivity contribution in [2.24, 2.45) is 0 Å². The van der Waals surface area contributed by atoms with Crippen molar-refractivity contribution in [3.8, 4) is 62.0 Å². The average molecular weight is 712 g/mol. The topological polar surface area (TPSA) is 50.9 Å². The third kappa shape index (κ3) is 4.71. The molecule has 1 N–H and O–H groups in total. The predicted molar refractivity (Wildman–Crippen MR) is 224 cm³/mol. The normalized spacial score (nSPS) is 16.1. The predicted octanol–water partition coefficient (Wildman–Crippen LogP) is 9.90. The number of aromatic nitrogens is 3. The van der Waals surface area contributed by atoms with Crippen LogP contribution < -0.4 is 15.9 Å². The summed E-state index contributed by atoms with van der Waals surface area (Å²) in [5, 5.41) is 2.93. The monoisotopic (exact) mass is 711 g/mol. The summed E-state index contributed by atoms with van der Waals surface area (Å²) in [6.45, 7) is 0.